The number of rotatable bonds is 2. The summed E-state index contributed by atoms with van der Waals surface area (Å²) in [5.41, 5.74) is 5.37. The molecule has 1 aliphatic heterocycles. The van der Waals surface area contributed by atoms with Crippen molar-refractivity contribution in [2.75, 3.05) is 33.2 Å². The molecular formula is C6H14N4. The van der Waals surface area contributed by atoms with Crippen LogP contribution in [0, 0.1) is 0 Å². The Labute approximate surface area is 61.1 Å². The summed E-state index contributed by atoms with van der Waals surface area (Å²) < 4.78 is 0. The van der Waals surface area contributed by atoms with E-state index in [1.54, 1.807) is 0 Å². The van der Waals surface area contributed by atoms with Crippen molar-refractivity contribution < 1.29 is 0 Å². The van der Waals surface area contributed by atoms with Crippen molar-refractivity contribution in [3.8, 4) is 0 Å². The standard InChI is InChI=1S/C6H14N4/c1-10(5-2-7)6-8-3-4-9-6/h2-5,7H2,1H3,(H,8,9). The van der Waals surface area contributed by atoms with Crippen LogP contribution in [0.2, 0.25) is 0 Å². The van der Waals surface area contributed by atoms with Gasteiger partial charge in [-0.25, -0.2) is 0 Å². The molecule has 0 fully saturated rings. The van der Waals surface area contributed by atoms with E-state index in [9.17, 15) is 0 Å². The normalized spacial score (nSPS) is 16.4. The summed E-state index contributed by atoms with van der Waals surface area (Å²) >= 11 is 0. The average molecular weight is 142 g/mol. The van der Waals surface area contributed by atoms with Crippen LogP contribution in [0.15, 0.2) is 4.99 Å². The highest BCUT2D eigenvalue weighted by molar-refractivity contribution is 5.81. The first-order valence-corrected chi connectivity index (χ1v) is 3.54. The van der Waals surface area contributed by atoms with Gasteiger partial charge in [0.2, 0.25) is 0 Å². The Morgan fingerprint density at radius 2 is 2.60 bits per heavy atom. The van der Waals surface area contributed by atoms with Crippen molar-refractivity contribution >= 4 is 5.96 Å². The molecule has 58 valence electrons. The molecule has 0 amide bonds. The molecule has 0 atom stereocenters. The number of hydrogen-bond donors (Lipinski definition) is 2. The second-order valence-electron chi connectivity index (χ2n) is 2.34. The highest BCUT2D eigenvalue weighted by Gasteiger charge is 2.07. The average Bonchev–Trinajstić information content (AvgIpc) is 2.38. The molecule has 0 bridgehead atoms. The molecule has 0 saturated heterocycles. The summed E-state index contributed by atoms with van der Waals surface area (Å²) in [5.74, 6) is 0.977. The van der Waals surface area contributed by atoms with Crippen molar-refractivity contribution in [1.29, 1.82) is 0 Å². The van der Waals surface area contributed by atoms with Crippen LogP contribution in [0.3, 0.4) is 0 Å². The van der Waals surface area contributed by atoms with Gasteiger partial charge >= 0.3 is 0 Å². The first kappa shape index (κ1) is 7.34. The molecule has 0 saturated carbocycles. The molecule has 4 nitrogen and oxygen atoms in total. The second-order valence-corrected chi connectivity index (χ2v) is 2.34. The lowest BCUT2D eigenvalue weighted by molar-refractivity contribution is 0.502. The van der Waals surface area contributed by atoms with Crippen LogP contribution in [0.25, 0.3) is 0 Å². The van der Waals surface area contributed by atoms with Gasteiger partial charge in [-0.2, -0.15) is 0 Å². The quantitative estimate of drug-likeness (QED) is 0.511. The van der Waals surface area contributed by atoms with Gasteiger partial charge in [0.15, 0.2) is 5.96 Å². The summed E-state index contributed by atoms with van der Waals surface area (Å²) in [6.07, 6.45) is 0. The van der Waals surface area contributed by atoms with Gasteiger partial charge in [-0.1, -0.05) is 0 Å². The number of aliphatic imine (C=N–C) groups is 1. The van der Waals surface area contributed by atoms with Crippen LogP contribution in [0.5, 0.6) is 0 Å². The molecule has 10 heavy (non-hydrogen) atoms. The molecule has 0 radical (unpaired) electrons. The maximum Gasteiger partial charge on any atom is 0.193 e. The van der Waals surface area contributed by atoms with E-state index in [1.807, 2.05) is 11.9 Å². The third-order valence-corrected chi connectivity index (χ3v) is 1.48. The van der Waals surface area contributed by atoms with Crippen LogP contribution >= 0.6 is 0 Å². The van der Waals surface area contributed by atoms with Crippen LogP contribution in [-0.4, -0.2) is 44.1 Å². The number of guanidine groups is 1. The molecule has 0 unspecified atom stereocenters. The van der Waals surface area contributed by atoms with Crippen LogP contribution in [0.4, 0.5) is 0 Å². The summed E-state index contributed by atoms with van der Waals surface area (Å²) in [7, 11) is 1.99. The van der Waals surface area contributed by atoms with Crippen LogP contribution in [0.1, 0.15) is 0 Å². The van der Waals surface area contributed by atoms with E-state index in [2.05, 4.69) is 10.3 Å². The highest BCUT2D eigenvalue weighted by atomic mass is 15.3. The molecule has 0 aromatic carbocycles. The zero-order valence-electron chi connectivity index (χ0n) is 6.30. The monoisotopic (exact) mass is 142 g/mol. The first-order chi connectivity index (χ1) is 4.84. The molecule has 1 heterocycles. The fraction of sp³-hybridized carbons (Fsp3) is 0.833. The molecule has 1 aliphatic rings. The van der Waals surface area contributed by atoms with Gasteiger partial charge in [0, 0.05) is 26.7 Å². The highest BCUT2D eigenvalue weighted by Crippen LogP contribution is 1.89. The minimum Gasteiger partial charge on any atom is -0.354 e. The third kappa shape index (κ3) is 1.60. The summed E-state index contributed by atoms with van der Waals surface area (Å²) in [6, 6.07) is 0. The largest absolute Gasteiger partial charge is 0.354 e. The van der Waals surface area contributed by atoms with E-state index in [1.165, 1.54) is 0 Å². The lowest BCUT2D eigenvalue weighted by Gasteiger charge is -2.17. The van der Waals surface area contributed by atoms with Gasteiger partial charge in [-0.05, 0) is 0 Å². The van der Waals surface area contributed by atoms with E-state index in [0.717, 1.165) is 25.6 Å². The molecule has 0 aromatic rings. The second kappa shape index (κ2) is 3.41. The van der Waals surface area contributed by atoms with Gasteiger partial charge in [-0.15, -0.1) is 0 Å². The molecule has 3 N–H and O–H groups in total. The van der Waals surface area contributed by atoms with Gasteiger partial charge in [0.25, 0.3) is 0 Å². The van der Waals surface area contributed by atoms with E-state index in [0.29, 0.717) is 6.54 Å². The minimum absolute atomic E-state index is 0.678. The molecular weight excluding hydrogens is 128 g/mol. The molecule has 1 rings (SSSR count). The summed E-state index contributed by atoms with van der Waals surface area (Å²) in [5, 5.41) is 3.16. The predicted octanol–water partition coefficient (Wildman–Crippen LogP) is -1.16. The van der Waals surface area contributed by atoms with E-state index < -0.39 is 0 Å². The lowest BCUT2D eigenvalue weighted by atomic mass is 10.6. The Bertz CT molecular complexity index is 132. The summed E-state index contributed by atoms with van der Waals surface area (Å²) in [4.78, 5) is 6.26. The Morgan fingerprint density at radius 3 is 3.10 bits per heavy atom. The minimum atomic E-state index is 0.678. The maximum atomic E-state index is 5.37. The van der Waals surface area contributed by atoms with Crippen LogP contribution < -0.4 is 11.1 Å². The predicted molar refractivity (Wildman–Crippen MR) is 42.0 cm³/mol. The number of nitrogens with zero attached hydrogens (tertiary/aromatic N) is 2. The van der Waals surface area contributed by atoms with Crippen molar-refractivity contribution in [1.82, 2.24) is 10.2 Å². The maximum absolute atomic E-state index is 5.37. The van der Waals surface area contributed by atoms with Gasteiger partial charge in [-0.3, -0.25) is 4.99 Å². The topological polar surface area (TPSA) is 53.6 Å². The Hall–Kier alpha value is -0.770. The van der Waals surface area contributed by atoms with Crippen molar-refractivity contribution in [2.45, 2.75) is 0 Å². The fourth-order valence-electron chi connectivity index (χ4n) is 0.941. The van der Waals surface area contributed by atoms with Crippen molar-refractivity contribution in [3.63, 3.8) is 0 Å². The fourth-order valence-corrected chi connectivity index (χ4v) is 0.941. The number of nitrogens with two attached hydrogens (primary N) is 1. The van der Waals surface area contributed by atoms with Gasteiger partial charge in [0.1, 0.15) is 0 Å². The van der Waals surface area contributed by atoms with Gasteiger partial charge in [0.05, 0.1) is 6.54 Å². The summed E-state index contributed by atoms with van der Waals surface area (Å²) in [6.45, 7) is 3.40. The van der Waals surface area contributed by atoms with E-state index in [-0.39, 0.29) is 0 Å². The van der Waals surface area contributed by atoms with Crippen LogP contribution in [-0.2, 0) is 0 Å². The first-order valence-electron chi connectivity index (χ1n) is 3.54. The van der Waals surface area contributed by atoms with E-state index >= 15 is 0 Å². The lowest BCUT2D eigenvalue weighted by Crippen LogP contribution is -2.38. The van der Waals surface area contributed by atoms with Crippen molar-refractivity contribution in [2.24, 2.45) is 10.7 Å². The van der Waals surface area contributed by atoms with Gasteiger partial charge < -0.3 is 16.0 Å². The smallest absolute Gasteiger partial charge is 0.193 e. The van der Waals surface area contributed by atoms with Crippen molar-refractivity contribution in [3.05, 3.63) is 0 Å². The Kier molecular flexibility index (Phi) is 2.50. The van der Waals surface area contributed by atoms with E-state index in [4.69, 9.17) is 5.73 Å². The zero-order chi connectivity index (χ0) is 7.40. The third-order valence-electron chi connectivity index (χ3n) is 1.48. The molecule has 0 aromatic heterocycles. The number of nitrogens with one attached hydrogen (secondary N) is 1. The number of likely N-dealkylation sites (N-methyl/N-ethyl adjacent to an activating group) is 1. The molecule has 4 heteroatoms. The number of hydrogen-bond acceptors (Lipinski definition) is 4. The molecule has 0 spiro atoms. The Balaban J connectivity index is 2.32. The Morgan fingerprint density at radius 1 is 1.80 bits per heavy atom. The molecule has 0 aliphatic carbocycles. The zero-order valence-corrected chi connectivity index (χ0v) is 6.30. The SMILES string of the molecule is CN(CCN)C1=NCCN1.